The number of nitrogens with zero attached hydrogens (tertiary/aromatic N) is 5. The number of hydrogen-bond acceptors (Lipinski definition) is 6. The van der Waals surface area contributed by atoms with E-state index in [-0.39, 0.29) is 5.56 Å². The molecule has 180 valence electrons. The summed E-state index contributed by atoms with van der Waals surface area (Å²) >= 11 is 7.45. The molecule has 36 heavy (non-hydrogen) atoms. The van der Waals surface area contributed by atoms with Gasteiger partial charge in [-0.25, -0.2) is 4.98 Å². The number of hydrogen-bond donors (Lipinski definition) is 1. The van der Waals surface area contributed by atoms with Gasteiger partial charge in [-0.2, -0.15) is 4.68 Å². The maximum atomic E-state index is 14.0. The zero-order valence-corrected chi connectivity index (χ0v) is 20.9. The van der Waals surface area contributed by atoms with E-state index in [1.165, 1.54) is 11.3 Å². The Balaban J connectivity index is 1.57. The summed E-state index contributed by atoms with van der Waals surface area (Å²) in [5, 5.41) is 13.5. The Bertz CT molecular complexity index is 1720. The van der Waals surface area contributed by atoms with Crippen molar-refractivity contribution in [2.75, 3.05) is 0 Å². The van der Waals surface area contributed by atoms with Gasteiger partial charge in [-0.1, -0.05) is 65.4 Å². The second-order valence-electron chi connectivity index (χ2n) is 8.65. The van der Waals surface area contributed by atoms with Crippen molar-refractivity contribution in [3.05, 3.63) is 110 Å². The van der Waals surface area contributed by atoms with Gasteiger partial charge in [0.05, 0.1) is 44.6 Å². The number of fused-ring (bicyclic) bond motifs is 2. The van der Waals surface area contributed by atoms with Gasteiger partial charge in [0, 0.05) is 11.9 Å². The van der Waals surface area contributed by atoms with Gasteiger partial charge in [-0.3, -0.25) is 14.5 Å². The van der Waals surface area contributed by atoms with E-state index in [1.807, 2.05) is 72.3 Å². The molecule has 3 aromatic heterocycles. The molecular weight excluding hydrogens is 494 g/mol. The first kappa shape index (κ1) is 22.7. The number of thiazole rings is 1. The summed E-state index contributed by atoms with van der Waals surface area (Å²) in [6, 6.07) is 21.4. The molecule has 0 spiro atoms. The minimum absolute atomic E-state index is 0.172. The van der Waals surface area contributed by atoms with Gasteiger partial charge in [0.15, 0.2) is 0 Å². The molecule has 9 heteroatoms. The molecule has 1 aliphatic heterocycles. The Morgan fingerprint density at radius 2 is 1.81 bits per heavy atom. The molecular formula is C27H22ClN5O2S. The minimum atomic E-state index is -0.928. The Morgan fingerprint density at radius 3 is 2.56 bits per heavy atom. The number of pyridine rings is 1. The Hall–Kier alpha value is -3.72. The first-order chi connectivity index (χ1) is 17.5. The predicted octanol–water partition coefficient (Wildman–Crippen LogP) is 3.09. The number of aliphatic hydroxyl groups is 1. The zero-order chi connectivity index (χ0) is 24.8. The summed E-state index contributed by atoms with van der Waals surface area (Å²) in [5.74, 6) is 0. The third-order valence-electron chi connectivity index (χ3n) is 6.36. The highest BCUT2D eigenvalue weighted by atomic mass is 35.5. The fourth-order valence-electron chi connectivity index (χ4n) is 4.58. The van der Waals surface area contributed by atoms with Crippen molar-refractivity contribution in [3.8, 4) is 5.13 Å². The van der Waals surface area contributed by atoms with Crippen LogP contribution < -0.4 is 16.1 Å². The lowest BCUT2D eigenvalue weighted by molar-refractivity contribution is 0.0915. The van der Waals surface area contributed by atoms with Gasteiger partial charge in [-0.05, 0) is 42.8 Å². The molecule has 1 N–H and O–H groups in total. The second kappa shape index (κ2) is 9.05. The molecule has 0 saturated carbocycles. The third-order valence-corrected chi connectivity index (χ3v) is 7.60. The molecule has 0 saturated heterocycles. The standard InChI is InChI=1S/C27H22ClN5O2S/c1-17-25-22(13-24(34)31(17)16-20-12-11-19(28)14-29-20)32(15-18-7-3-2-4-8-18)33(26(25)35)27-30-21-9-5-6-10-23(21)36-27/h2-14,24,34H,15-16H2,1H3. The summed E-state index contributed by atoms with van der Waals surface area (Å²) in [6.07, 6.45) is 2.38. The second-order valence-corrected chi connectivity index (χ2v) is 10.1. The van der Waals surface area contributed by atoms with E-state index in [4.69, 9.17) is 16.6 Å². The van der Waals surface area contributed by atoms with Crippen LogP contribution in [-0.2, 0) is 13.1 Å². The highest BCUT2D eigenvalue weighted by molar-refractivity contribution is 7.20. The predicted molar refractivity (Wildman–Crippen MR) is 142 cm³/mol. The maximum Gasteiger partial charge on any atom is 0.283 e. The van der Waals surface area contributed by atoms with Crippen LogP contribution in [0.4, 0.5) is 0 Å². The number of para-hydroxylation sites is 1. The normalized spacial score (nSPS) is 15.2. The van der Waals surface area contributed by atoms with Gasteiger partial charge in [0.1, 0.15) is 6.23 Å². The van der Waals surface area contributed by atoms with E-state index in [0.717, 1.165) is 21.5 Å². The highest BCUT2D eigenvalue weighted by Crippen LogP contribution is 2.24. The Kier molecular flexibility index (Phi) is 5.72. The van der Waals surface area contributed by atoms with Crippen molar-refractivity contribution < 1.29 is 5.11 Å². The highest BCUT2D eigenvalue weighted by Gasteiger charge is 2.26. The van der Waals surface area contributed by atoms with Gasteiger partial charge in [0.25, 0.3) is 5.56 Å². The van der Waals surface area contributed by atoms with Gasteiger partial charge in [-0.15, -0.1) is 0 Å². The molecule has 4 heterocycles. The molecule has 0 radical (unpaired) electrons. The molecule has 1 aliphatic rings. The summed E-state index contributed by atoms with van der Waals surface area (Å²) < 4.78 is 4.55. The van der Waals surface area contributed by atoms with Crippen molar-refractivity contribution in [3.63, 3.8) is 0 Å². The molecule has 2 aromatic carbocycles. The van der Waals surface area contributed by atoms with Crippen molar-refractivity contribution in [2.45, 2.75) is 26.2 Å². The quantitative estimate of drug-likeness (QED) is 0.389. The Morgan fingerprint density at radius 1 is 1.03 bits per heavy atom. The van der Waals surface area contributed by atoms with E-state index < -0.39 is 6.23 Å². The average molecular weight is 516 g/mol. The lowest BCUT2D eigenvalue weighted by atomic mass is 10.2. The van der Waals surface area contributed by atoms with Crippen LogP contribution in [0.5, 0.6) is 0 Å². The topological polar surface area (TPSA) is 76.2 Å². The van der Waals surface area contributed by atoms with E-state index >= 15 is 0 Å². The zero-order valence-electron chi connectivity index (χ0n) is 19.4. The number of halogens is 1. The summed E-state index contributed by atoms with van der Waals surface area (Å²) in [4.78, 5) is 24.9. The third kappa shape index (κ3) is 3.93. The molecule has 0 amide bonds. The number of rotatable bonds is 5. The van der Waals surface area contributed by atoms with Crippen molar-refractivity contribution in [2.24, 2.45) is 0 Å². The monoisotopic (exact) mass is 515 g/mol. The molecule has 0 fully saturated rings. The minimum Gasteiger partial charge on any atom is -0.370 e. The SMILES string of the molecule is CC1=c2c(n(Cc3ccccc3)n(-c3nc4ccccc4s3)c2=O)=CC(O)N1Cc1ccc(Cl)cn1. The van der Waals surface area contributed by atoms with Crippen molar-refractivity contribution >= 4 is 44.9 Å². The summed E-state index contributed by atoms with van der Waals surface area (Å²) in [6.45, 7) is 2.66. The fraction of sp³-hybridized carbons (Fsp3) is 0.148. The van der Waals surface area contributed by atoms with Gasteiger partial charge < -0.3 is 10.0 Å². The van der Waals surface area contributed by atoms with Crippen LogP contribution in [0.15, 0.2) is 77.7 Å². The number of aliphatic hydroxyl groups excluding tert-OH is 1. The van der Waals surface area contributed by atoms with Gasteiger partial charge >= 0.3 is 0 Å². The van der Waals surface area contributed by atoms with E-state index in [0.29, 0.717) is 39.5 Å². The molecule has 0 bridgehead atoms. The first-order valence-electron chi connectivity index (χ1n) is 11.5. The number of benzene rings is 2. The molecule has 7 nitrogen and oxygen atoms in total. The summed E-state index contributed by atoms with van der Waals surface area (Å²) in [5.41, 5.74) is 3.14. The smallest absolute Gasteiger partial charge is 0.283 e. The summed E-state index contributed by atoms with van der Waals surface area (Å²) in [7, 11) is 0. The van der Waals surface area contributed by atoms with E-state index in [2.05, 4.69) is 4.98 Å². The van der Waals surface area contributed by atoms with Crippen LogP contribution >= 0.6 is 22.9 Å². The van der Waals surface area contributed by atoms with E-state index in [9.17, 15) is 9.90 Å². The molecule has 0 aliphatic carbocycles. The average Bonchev–Trinajstić information content (AvgIpc) is 3.42. The van der Waals surface area contributed by atoms with Crippen LogP contribution in [0.25, 0.3) is 27.1 Å². The van der Waals surface area contributed by atoms with Crippen LogP contribution in [0.3, 0.4) is 0 Å². The van der Waals surface area contributed by atoms with Crippen LogP contribution in [0, 0.1) is 0 Å². The molecule has 1 atom stereocenters. The molecule has 1 unspecified atom stereocenters. The van der Waals surface area contributed by atoms with Crippen LogP contribution in [-0.4, -0.2) is 35.6 Å². The first-order valence-corrected chi connectivity index (χ1v) is 12.7. The molecule has 5 aromatic rings. The lowest BCUT2D eigenvalue weighted by Crippen LogP contribution is -2.49. The van der Waals surface area contributed by atoms with Crippen molar-refractivity contribution in [1.29, 1.82) is 0 Å². The van der Waals surface area contributed by atoms with Crippen LogP contribution in [0.1, 0.15) is 18.2 Å². The fourth-order valence-corrected chi connectivity index (χ4v) is 5.67. The van der Waals surface area contributed by atoms with Crippen LogP contribution in [0.2, 0.25) is 5.02 Å². The largest absolute Gasteiger partial charge is 0.370 e. The van der Waals surface area contributed by atoms with Crippen molar-refractivity contribution in [1.82, 2.24) is 24.2 Å². The maximum absolute atomic E-state index is 14.0. The Labute approximate surface area is 215 Å². The molecule has 6 rings (SSSR count). The van der Waals surface area contributed by atoms with E-state index in [1.54, 1.807) is 27.9 Å². The lowest BCUT2D eigenvalue weighted by Gasteiger charge is -2.30. The number of aromatic nitrogens is 4. The van der Waals surface area contributed by atoms with Gasteiger partial charge in [0.2, 0.25) is 5.13 Å².